The van der Waals surface area contributed by atoms with Gasteiger partial charge in [0.05, 0.1) is 11.4 Å². The highest BCUT2D eigenvalue weighted by molar-refractivity contribution is 6.32. The molecule has 1 heterocycles. The lowest BCUT2D eigenvalue weighted by atomic mass is 10.1. The molecule has 5 heteroatoms. The maximum absolute atomic E-state index is 12.0. The van der Waals surface area contributed by atoms with Gasteiger partial charge in [0.15, 0.2) is 11.5 Å². The zero-order chi connectivity index (χ0) is 14.1. The smallest absolute Gasteiger partial charge is 0.224 e. The Kier molecular flexibility index (Phi) is 3.74. The molecule has 0 radical (unpaired) electrons. The number of hydrogen-bond donors (Lipinski definition) is 1. The van der Waals surface area contributed by atoms with E-state index in [4.69, 9.17) is 21.1 Å². The van der Waals surface area contributed by atoms with E-state index in [1.165, 1.54) is 12.8 Å². The summed E-state index contributed by atoms with van der Waals surface area (Å²) < 4.78 is 11.0. The lowest BCUT2D eigenvalue weighted by Gasteiger charge is -2.20. The molecule has 1 aromatic carbocycles. The number of hydrogen-bond acceptors (Lipinski definition) is 3. The van der Waals surface area contributed by atoms with Gasteiger partial charge in [0.1, 0.15) is 13.2 Å². The number of benzene rings is 1. The molecule has 1 unspecified atom stereocenters. The number of ether oxygens (including phenoxy) is 2. The molecule has 0 spiro atoms. The van der Waals surface area contributed by atoms with Crippen LogP contribution in [0.3, 0.4) is 0 Å². The quantitative estimate of drug-likeness (QED) is 0.929. The summed E-state index contributed by atoms with van der Waals surface area (Å²) in [5.41, 5.74) is 0.847. The predicted molar refractivity (Wildman–Crippen MR) is 76.5 cm³/mol. The third-order valence-electron chi connectivity index (χ3n) is 3.74. The Bertz CT molecular complexity index is 528. The fourth-order valence-electron chi connectivity index (χ4n) is 2.47. The van der Waals surface area contributed by atoms with Crippen molar-refractivity contribution in [2.75, 3.05) is 13.2 Å². The van der Waals surface area contributed by atoms with Gasteiger partial charge in [-0.05, 0) is 43.4 Å². The first-order valence-corrected chi connectivity index (χ1v) is 7.38. The molecule has 1 aromatic rings. The molecule has 0 bridgehead atoms. The van der Waals surface area contributed by atoms with Crippen LogP contribution < -0.4 is 14.8 Å². The number of rotatable bonds is 4. The Balaban J connectivity index is 1.67. The molecule has 1 aliphatic carbocycles. The fraction of sp³-hybridized carbons (Fsp3) is 0.533. The standard InChI is InChI=1S/C15H18ClNO3/c1-9(11-2-3-11)17-14(18)8-10-6-12(16)15-13(7-10)19-4-5-20-15/h6-7,9,11H,2-5,8H2,1H3,(H,17,18). The van der Waals surface area contributed by atoms with Crippen molar-refractivity contribution in [1.29, 1.82) is 0 Å². The second kappa shape index (κ2) is 5.52. The summed E-state index contributed by atoms with van der Waals surface area (Å²) in [5.74, 6) is 1.88. The Hall–Kier alpha value is -1.42. The molecule has 1 amide bonds. The molecule has 1 saturated carbocycles. The van der Waals surface area contributed by atoms with E-state index in [1.54, 1.807) is 6.07 Å². The third kappa shape index (κ3) is 3.01. The Morgan fingerprint density at radius 1 is 1.40 bits per heavy atom. The van der Waals surface area contributed by atoms with Gasteiger partial charge in [0, 0.05) is 6.04 Å². The first-order chi connectivity index (χ1) is 9.63. The van der Waals surface area contributed by atoms with Crippen LogP contribution in [0.15, 0.2) is 12.1 Å². The SMILES string of the molecule is CC(NC(=O)Cc1cc(Cl)c2c(c1)OCCO2)C1CC1. The summed E-state index contributed by atoms with van der Waals surface area (Å²) in [6.07, 6.45) is 2.75. The average Bonchev–Trinajstić information content (AvgIpc) is 3.22. The van der Waals surface area contributed by atoms with Crippen LogP contribution in [0.5, 0.6) is 11.5 Å². The maximum Gasteiger partial charge on any atom is 0.224 e. The monoisotopic (exact) mass is 295 g/mol. The molecule has 1 aliphatic heterocycles. The molecule has 0 saturated heterocycles. The van der Waals surface area contributed by atoms with Crippen molar-refractivity contribution in [3.63, 3.8) is 0 Å². The highest BCUT2D eigenvalue weighted by Crippen LogP contribution is 2.38. The normalized spacial score (nSPS) is 18.5. The van der Waals surface area contributed by atoms with Crippen LogP contribution in [-0.4, -0.2) is 25.2 Å². The molecular formula is C15H18ClNO3. The molecule has 1 atom stereocenters. The van der Waals surface area contributed by atoms with Gasteiger partial charge in [0.2, 0.25) is 5.91 Å². The maximum atomic E-state index is 12.0. The first-order valence-electron chi connectivity index (χ1n) is 7.01. The number of halogens is 1. The molecule has 0 aromatic heterocycles. The highest BCUT2D eigenvalue weighted by Gasteiger charge is 2.29. The van der Waals surface area contributed by atoms with Crippen molar-refractivity contribution in [2.45, 2.75) is 32.2 Å². The van der Waals surface area contributed by atoms with E-state index in [1.807, 2.05) is 6.07 Å². The minimum absolute atomic E-state index is 0.0251. The van der Waals surface area contributed by atoms with Crippen LogP contribution >= 0.6 is 11.6 Å². The van der Waals surface area contributed by atoms with Gasteiger partial charge in [-0.3, -0.25) is 4.79 Å². The van der Waals surface area contributed by atoms with Gasteiger partial charge in [0.25, 0.3) is 0 Å². The van der Waals surface area contributed by atoms with E-state index in [9.17, 15) is 4.79 Å². The molecule has 1 N–H and O–H groups in total. The van der Waals surface area contributed by atoms with Crippen LogP contribution in [0.25, 0.3) is 0 Å². The van der Waals surface area contributed by atoms with Crippen molar-refractivity contribution in [1.82, 2.24) is 5.32 Å². The van der Waals surface area contributed by atoms with Crippen LogP contribution in [0.2, 0.25) is 5.02 Å². The zero-order valence-corrected chi connectivity index (χ0v) is 12.2. The van der Waals surface area contributed by atoms with E-state index in [-0.39, 0.29) is 11.9 Å². The van der Waals surface area contributed by atoms with E-state index in [0.717, 1.165) is 5.56 Å². The Morgan fingerprint density at radius 3 is 2.90 bits per heavy atom. The summed E-state index contributed by atoms with van der Waals surface area (Å²) in [7, 11) is 0. The van der Waals surface area contributed by atoms with Gasteiger partial charge in [-0.25, -0.2) is 0 Å². The molecule has 3 rings (SSSR count). The Labute approximate surface area is 123 Å². The third-order valence-corrected chi connectivity index (χ3v) is 4.02. The topological polar surface area (TPSA) is 47.6 Å². The number of carbonyl (C=O) groups is 1. The van der Waals surface area contributed by atoms with Crippen molar-refractivity contribution in [2.24, 2.45) is 5.92 Å². The number of nitrogens with one attached hydrogen (secondary N) is 1. The van der Waals surface area contributed by atoms with Crippen molar-refractivity contribution >= 4 is 17.5 Å². The van der Waals surface area contributed by atoms with Crippen molar-refractivity contribution in [3.05, 3.63) is 22.7 Å². The van der Waals surface area contributed by atoms with Crippen LogP contribution in [0.4, 0.5) is 0 Å². The summed E-state index contributed by atoms with van der Waals surface area (Å²) in [6, 6.07) is 3.87. The molecule has 2 aliphatic rings. The number of carbonyl (C=O) groups excluding carboxylic acids is 1. The molecule has 4 nitrogen and oxygen atoms in total. The fourth-order valence-corrected chi connectivity index (χ4v) is 2.76. The second-order valence-electron chi connectivity index (χ2n) is 5.47. The molecule has 1 fully saturated rings. The van der Waals surface area contributed by atoms with Crippen LogP contribution in [0.1, 0.15) is 25.3 Å². The van der Waals surface area contributed by atoms with E-state index in [0.29, 0.717) is 42.1 Å². The number of amides is 1. The predicted octanol–water partition coefficient (Wildman–Crippen LogP) is 2.57. The average molecular weight is 296 g/mol. The van der Waals surface area contributed by atoms with Gasteiger partial charge < -0.3 is 14.8 Å². The van der Waals surface area contributed by atoms with Crippen LogP contribution in [-0.2, 0) is 11.2 Å². The number of fused-ring (bicyclic) bond motifs is 1. The lowest BCUT2D eigenvalue weighted by molar-refractivity contribution is -0.121. The summed E-state index contributed by atoms with van der Waals surface area (Å²) in [6.45, 7) is 3.08. The van der Waals surface area contributed by atoms with Gasteiger partial charge >= 0.3 is 0 Å². The second-order valence-corrected chi connectivity index (χ2v) is 5.88. The minimum atomic E-state index is 0.0251. The summed E-state index contributed by atoms with van der Waals surface area (Å²) in [5, 5.41) is 3.54. The minimum Gasteiger partial charge on any atom is -0.486 e. The first kappa shape index (κ1) is 13.6. The highest BCUT2D eigenvalue weighted by atomic mass is 35.5. The molecular weight excluding hydrogens is 278 g/mol. The Morgan fingerprint density at radius 2 is 2.15 bits per heavy atom. The summed E-state index contributed by atoms with van der Waals surface area (Å²) in [4.78, 5) is 12.0. The largest absolute Gasteiger partial charge is 0.486 e. The van der Waals surface area contributed by atoms with E-state index < -0.39 is 0 Å². The van der Waals surface area contributed by atoms with E-state index in [2.05, 4.69) is 12.2 Å². The summed E-state index contributed by atoms with van der Waals surface area (Å²) >= 11 is 6.16. The van der Waals surface area contributed by atoms with Gasteiger partial charge in [-0.15, -0.1) is 0 Å². The molecule has 20 heavy (non-hydrogen) atoms. The van der Waals surface area contributed by atoms with Crippen molar-refractivity contribution < 1.29 is 14.3 Å². The van der Waals surface area contributed by atoms with Crippen molar-refractivity contribution in [3.8, 4) is 11.5 Å². The zero-order valence-electron chi connectivity index (χ0n) is 11.4. The van der Waals surface area contributed by atoms with Gasteiger partial charge in [-0.1, -0.05) is 11.6 Å². The van der Waals surface area contributed by atoms with Crippen LogP contribution in [0, 0.1) is 5.92 Å². The van der Waals surface area contributed by atoms with E-state index >= 15 is 0 Å². The molecule has 108 valence electrons. The van der Waals surface area contributed by atoms with Gasteiger partial charge in [-0.2, -0.15) is 0 Å². The lowest BCUT2D eigenvalue weighted by Crippen LogP contribution is -2.35.